The van der Waals surface area contributed by atoms with Gasteiger partial charge in [-0.05, 0) is 39.9 Å². The molecule has 1 aromatic heterocycles. The fraction of sp³-hybridized carbons (Fsp3) is 0.692. The molecule has 5 nitrogen and oxygen atoms in total. The lowest BCUT2D eigenvalue weighted by Gasteiger charge is -2.35. The van der Waals surface area contributed by atoms with Gasteiger partial charge in [0.25, 0.3) is 5.91 Å². The molecule has 0 N–H and O–H groups in total. The molecule has 2 rings (SSSR count). The third kappa shape index (κ3) is 2.74. The van der Waals surface area contributed by atoms with E-state index in [2.05, 4.69) is 11.9 Å². The van der Waals surface area contributed by atoms with Crippen molar-refractivity contribution in [1.29, 1.82) is 0 Å². The zero-order valence-electron chi connectivity index (χ0n) is 12.0. The quantitative estimate of drug-likeness (QED) is 0.811. The van der Waals surface area contributed by atoms with E-state index in [1.54, 1.807) is 11.6 Å². The number of likely N-dealkylation sites (tertiary alicyclic amines) is 1. The summed E-state index contributed by atoms with van der Waals surface area (Å²) in [6.45, 7) is 3.87. The first-order valence-corrected chi connectivity index (χ1v) is 7.35. The number of hydrogen-bond donors (Lipinski definition) is 0. The average molecular weight is 283 g/mol. The molecule has 0 unspecified atom stereocenters. The number of thiazole rings is 1. The number of nitrogens with zero attached hydrogens (tertiary/aromatic N) is 3. The van der Waals surface area contributed by atoms with Gasteiger partial charge in [0, 0.05) is 25.8 Å². The lowest BCUT2D eigenvalue weighted by atomic mass is 10.0. The van der Waals surface area contributed by atoms with Crippen molar-refractivity contribution < 1.29 is 4.79 Å². The van der Waals surface area contributed by atoms with Crippen LogP contribution in [0.1, 0.15) is 28.2 Å². The minimum absolute atomic E-state index is 0.0187. The Labute approximate surface area is 117 Å². The van der Waals surface area contributed by atoms with Crippen molar-refractivity contribution in [3.05, 3.63) is 20.2 Å². The molecule has 0 spiro atoms. The van der Waals surface area contributed by atoms with Gasteiger partial charge in [0.2, 0.25) is 0 Å². The van der Waals surface area contributed by atoms with Crippen LogP contribution in [0.2, 0.25) is 0 Å². The Kier molecular flexibility index (Phi) is 4.10. The molecule has 1 fully saturated rings. The number of rotatable bonds is 2. The largest absolute Gasteiger partial charge is 0.338 e. The summed E-state index contributed by atoms with van der Waals surface area (Å²) in [6.07, 6.45) is 2.00. The highest BCUT2D eigenvalue weighted by atomic mass is 32.1. The van der Waals surface area contributed by atoms with E-state index in [0.717, 1.165) is 43.0 Å². The van der Waals surface area contributed by atoms with E-state index in [1.807, 2.05) is 18.9 Å². The van der Waals surface area contributed by atoms with Crippen LogP contribution in [0, 0.1) is 6.92 Å². The second-order valence-electron chi connectivity index (χ2n) is 5.29. The maximum absolute atomic E-state index is 12.5. The molecule has 0 aromatic carbocycles. The SMILES string of the molecule is Cc1c(C(=O)N(C)C2CCN(C)CC2)sc(=O)n1C. The lowest BCUT2D eigenvalue weighted by molar-refractivity contribution is 0.0663. The highest BCUT2D eigenvalue weighted by Crippen LogP contribution is 2.19. The Morgan fingerprint density at radius 2 is 1.89 bits per heavy atom. The van der Waals surface area contributed by atoms with Crippen LogP contribution in [0.5, 0.6) is 0 Å². The lowest BCUT2D eigenvalue weighted by Crippen LogP contribution is -2.44. The van der Waals surface area contributed by atoms with Crippen molar-refractivity contribution in [3.8, 4) is 0 Å². The van der Waals surface area contributed by atoms with Gasteiger partial charge in [0.05, 0.1) is 0 Å². The van der Waals surface area contributed by atoms with E-state index in [9.17, 15) is 9.59 Å². The van der Waals surface area contributed by atoms with Crippen molar-refractivity contribution in [2.45, 2.75) is 25.8 Å². The molecule has 1 amide bonds. The number of piperidine rings is 1. The zero-order valence-corrected chi connectivity index (χ0v) is 12.8. The topological polar surface area (TPSA) is 45.6 Å². The van der Waals surface area contributed by atoms with Gasteiger partial charge in [0.15, 0.2) is 0 Å². The molecule has 106 valence electrons. The molecule has 19 heavy (non-hydrogen) atoms. The van der Waals surface area contributed by atoms with Gasteiger partial charge in [-0.15, -0.1) is 0 Å². The highest BCUT2D eigenvalue weighted by Gasteiger charge is 2.27. The molecule has 0 saturated carbocycles. The van der Waals surface area contributed by atoms with Crippen LogP contribution in [0.25, 0.3) is 0 Å². The van der Waals surface area contributed by atoms with Crippen molar-refractivity contribution in [2.24, 2.45) is 7.05 Å². The monoisotopic (exact) mass is 283 g/mol. The zero-order chi connectivity index (χ0) is 14.2. The molecule has 0 bridgehead atoms. The molecule has 2 heterocycles. The first-order valence-electron chi connectivity index (χ1n) is 6.54. The van der Waals surface area contributed by atoms with Gasteiger partial charge in [-0.1, -0.05) is 11.3 Å². The minimum atomic E-state index is -0.0716. The molecule has 0 atom stereocenters. The Balaban J connectivity index is 2.15. The predicted molar refractivity (Wildman–Crippen MR) is 76.9 cm³/mol. The molecule has 1 aliphatic rings. The summed E-state index contributed by atoms with van der Waals surface area (Å²) in [7, 11) is 5.66. The van der Waals surface area contributed by atoms with Crippen LogP contribution in [-0.4, -0.2) is 53.5 Å². The van der Waals surface area contributed by atoms with Crippen molar-refractivity contribution >= 4 is 17.2 Å². The number of amides is 1. The summed E-state index contributed by atoms with van der Waals surface area (Å²) in [6, 6.07) is 0.283. The second-order valence-corrected chi connectivity index (χ2v) is 6.25. The van der Waals surface area contributed by atoms with Gasteiger partial charge in [-0.2, -0.15) is 0 Å². The minimum Gasteiger partial charge on any atom is -0.338 e. The number of aromatic nitrogens is 1. The van der Waals surface area contributed by atoms with Crippen molar-refractivity contribution in [2.75, 3.05) is 27.2 Å². The molecule has 6 heteroatoms. The smallest absolute Gasteiger partial charge is 0.307 e. The maximum Gasteiger partial charge on any atom is 0.307 e. The Morgan fingerprint density at radius 1 is 1.32 bits per heavy atom. The van der Waals surface area contributed by atoms with E-state index < -0.39 is 0 Å². The van der Waals surface area contributed by atoms with Gasteiger partial charge in [-0.3, -0.25) is 9.59 Å². The maximum atomic E-state index is 12.5. The summed E-state index contributed by atoms with van der Waals surface area (Å²) >= 11 is 1.05. The van der Waals surface area contributed by atoms with E-state index in [-0.39, 0.29) is 16.8 Å². The van der Waals surface area contributed by atoms with Gasteiger partial charge >= 0.3 is 4.87 Å². The molecule has 1 aliphatic heterocycles. The Hall–Kier alpha value is -1.14. The number of carbonyl (C=O) groups excluding carboxylic acids is 1. The summed E-state index contributed by atoms with van der Waals surface area (Å²) < 4.78 is 1.54. The average Bonchev–Trinajstić information content (AvgIpc) is 2.66. The fourth-order valence-corrected chi connectivity index (χ4v) is 3.39. The van der Waals surface area contributed by atoms with E-state index in [1.165, 1.54) is 0 Å². The van der Waals surface area contributed by atoms with Crippen LogP contribution in [-0.2, 0) is 7.05 Å². The summed E-state index contributed by atoms with van der Waals surface area (Å²) in [5.41, 5.74) is 0.764. The molecular weight excluding hydrogens is 262 g/mol. The van der Waals surface area contributed by atoms with Gasteiger partial charge in [0.1, 0.15) is 4.88 Å². The summed E-state index contributed by atoms with van der Waals surface area (Å²) in [5.74, 6) is -0.0187. The first-order chi connectivity index (χ1) is 8.91. The van der Waals surface area contributed by atoms with E-state index >= 15 is 0 Å². The predicted octanol–water partition coefficient (Wildman–Crippen LogP) is 0.921. The van der Waals surface area contributed by atoms with E-state index in [4.69, 9.17) is 0 Å². The second kappa shape index (κ2) is 5.46. The van der Waals surface area contributed by atoms with Gasteiger partial charge < -0.3 is 14.4 Å². The van der Waals surface area contributed by atoms with Crippen molar-refractivity contribution in [3.63, 3.8) is 0 Å². The summed E-state index contributed by atoms with van der Waals surface area (Å²) in [5, 5.41) is 0. The van der Waals surface area contributed by atoms with Gasteiger partial charge in [-0.25, -0.2) is 0 Å². The number of carbonyl (C=O) groups is 1. The van der Waals surface area contributed by atoms with Crippen molar-refractivity contribution in [1.82, 2.24) is 14.4 Å². The molecule has 0 aliphatic carbocycles. The molecule has 0 radical (unpaired) electrons. The Bertz CT molecular complexity index is 526. The fourth-order valence-electron chi connectivity index (χ4n) is 2.43. The third-order valence-electron chi connectivity index (χ3n) is 4.05. The molecular formula is C13H21N3O2S. The van der Waals surface area contributed by atoms with Crippen LogP contribution in [0.15, 0.2) is 4.79 Å². The summed E-state index contributed by atoms with van der Waals surface area (Å²) in [4.78, 5) is 28.7. The van der Waals surface area contributed by atoms with Crippen LogP contribution >= 0.6 is 11.3 Å². The Morgan fingerprint density at radius 3 is 2.37 bits per heavy atom. The molecule has 1 aromatic rings. The first kappa shape index (κ1) is 14.3. The highest BCUT2D eigenvalue weighted by molar-refractivity contribution is 7.11. The normalized spacial score (nSPS) is 17.7. The van der Waals surface area contributed by atoms with Crippen LogP contribution in [0.3, 0.4) is 0 Å². The van der Waals surface area contributed by atoms with Crippen LogP contribution in [0.4, 0.5) is 0 Å². The van der Waals surface area contributed by atoms with E-state index in [0.29, 0.717) is 4.88 Å². The third-order valence-corrected chi connectivity index (χ3v) is 5.17. The number of hydrogen-bond acceptors (Lipinski definition) is 4. The molecule has 1 saturated heterocycles. The standard InChI is InChI=1S/C13H21N3O2S/c1-9-11(19-13(18)15(9)3)12(17)16(4)10-5-7-14(2)8-6-10/h10H,5-8H2,1-4H3. The van der Waals surface area contributed by atoms with Crippen LogP contribution < -0.4 is 4.87 Å².